The molecule has 1 fully saturated rings. The lowest BCUT2D eigenvalue weighted by molar-refractivity contribution is 0.0748. The van der Waals surface area contributed by atoms with Crippen molar-refractivity contribution in [3.63, 3.8) is 0 Å². The Hall–Kier alpha value is -2.11. The van der Waals surface area contributed by atoms with Crippen molar-refractivity contribution in [3.05, 3.63) is 69.3 Å². The summed E-state index contributed by atoms with van der Waals surface area (Å²) in [7, 11) is 0. The van der Waals surface area contributed by atoms with Crippen LogP contribution in [0.5, 0.6) is 0 Å². The third-order valence-corrected chi connectivity index (χ3v) is 5.60. The first-order chi connectivity index (χ1) is 13.0. The molecule has 0 N–H and O–H groups in total. The maximum Gasteiger partial charge on any atom is 0.254 e. The number of benzene rings is 2. The third-order valence-electron chi connectivity index (χ3n) is 4.87. The maximum atomic E-state index is 13.2. The Morgan fingerprint density at radius 2 is 1.85 bits per heavy atom. The van der Waals surface area contributed by atoms with Gasteiger partial charge in [0.2, 0.25) is 0 Å². The zero-order valence-electron chi connectivity index (χ0n) is 15.0. The van der Waals surface area contributed by atoms with Crippen LogP contribution < -0.4 is 4.90 Å². The lowest BCUT2D eigenvalue weighted by atomic mass is 10.1. The highest BCUT2D eigenvalue weighted by Crippen LogP contribution is 2.25. The van der Waals surface area contributed by atoms with Crippen molar-refractivity contribution >= 4 is 50.0 Å². The van der Waals surface area contributed by atoms with Crippen molar-refractivity contribution in [2.24, 2.45) is 0 Å². The summed E-state index contributed by atoms with van der Waals surface area (Å²) in [4.78, 5) is 22.0. The van der Waals surface area contributed by atoms with Gasteiger partial charge < -0.3 is 9.80 Å². The Kier molecular flexibility index (Phi) is 5.06. The van der Waals surface area contributed by atoms with E-state index in [1.165, 1.54) is 0 Å². The van der Waals surface area contributed by atoms with Crippen LogP contribution >= 0.6 is 27.5 Å². The molecule has 1 aliphatic rings. The lowest BCUT2D eigenvalue weighted by Crippen LogP contribution is -2.48. The number of hydrogen-bond acceptors (Lipinski definition) is 3. The van der Waals surface area contributed by atoms with E-state index in [0.29, 0.717) is 13.1 Å². The van der Waals surface area contributed by atoms with Gasteiger partial charge in [-0.25, -0.2) is 0 Å². The number of aryl methyl sites for hydroxylation is 1. The second kappa shape index (κ2) is 7.49. The second-order valence-corrected chi connectivity index (χ2v) is 8.08. The quantitative estimate of drug-likeness (QED) is 0.563. The number of carbonyl (C=O) groups is 1. The second-order valence-electron chi connectivity index (χ2n) is 6.73. The van der Waals surface area contributed by atoms with Crippen LogP contribution in [0.2, 0.25) is 5.02 Å². The van der Waals surface area contributed by atoms with E-state index < -0.39 is 0 Å². The van der Waals surface area contributed by atoms with Gasteiger partial charge in [0.05, 0.1) is 11.1 Å². The molecule has 0 aliphatic carbocycles. The molecule has 1 aromatic heterocycles. The van der Waals surface area contributed by atoms with Crippen molar-refractivity contribution in [1.29, 1.82) is 0 Å². The van der Waals surface area contributed by atoms with Gasteiger partial charge in [-0.15, -0.1) is 0 Å². The smallest absolute Gasteiger partial charge is 0.254 e. The third kappa shape index (κ3) is 3.80. The van der Waals surface area contributed by atoms with E-state index in [1.807, 2.05) is 54.3 Å². The fourth-order valence-electron chi connectivity index (χ4n) is 3.52. The summed E-state index contributed by atoms with van der Waals surface area (Å²) < 4.78 is 0.945. The number of nitrogens with zero attached hydrogens (tertiary/aromatic N) is 3. The lowest BCUT2D eigenvalue weighted by Gasteiger charge is -2.36. The van der Waals surface area contributed by atoms with Crippen molar-refractivity contribution < 1.29 is 4.79 Å². The van der Waals surface area contributed by atoms with Crippen LogP contribution in [0.1, 0.15) is 16.1 Å². The number of halogens is 2. The standard InChI is InChI=1S/C21H19BrClN3O/c1-14-11-19(18-12-15(22)5-6-20(18)24-14)21(27)26-9-7-25(8-10-26)17-4-2-3-16(23)13-17/h2-6,11-13H,7-10H2,1H3. The van der Waals surface area contributed by atoms with E-state index in [9.17, 15) is 4.79 Å². The summed E-state index contributed by atoms with van der Waals surface area (Å²) in [6.45, 7) is 4.87. The Balaban J connectivity index is 1.56. The van der Waals surface area contributed by atoms with Crippen molar-refractivity contribution in [1.82, 2.24) is 9.88 Å². The summed E-state index contributed by atoms with van der Waals surface area (Å²) in [6.07, 6.45) is 0. The topological polar surface area (TPSA) is 36.4 Å². The van der Waals surface area contributed by atoms with E-state index in [0.717, 1.165) is 50.4 Å². The Labute approximate surface area is 171 Å². The van der Waals surface area contributed by atoms with Gasteiger partial charge in [-0.05, 0) is 49.4 Å². The maximum absolute atomic E-state index is 13.2. The summed E-state index contributed by atoms with van der Waals surface area (Å²) in [5.41, 5.74) is 3.52. The highest BCUT2D eigenvalue weighted by atomic mass is 79.9. The van der Waals surface area contributed by atoms with Crippen LogP contribution in [0, 0.1) is 6.92 Å². The molecule has 0 spiro atoms. The molecule has 0 radical (unpaired) electrons. The predicted molar refractivity (Wildman–Crippen MR) is 114 cm³/mol. The average molecular weight is 445 g/mol. The normalized spacial score (nSPS) is 14.6. The van der Waals surface area contributed by atoms with Gasteiger partial charge in [-0.3, -0.25) is 9.78 Å². The first-order valence-electron chi connectivity index (χ1n) is 8.88. The summed E-state index contributed by atoms with van der Waals surface area (Å²) in [5, 5.41) is 1.62. The fourth-order valence-corrected chi connectivity index (χ4v) is 4.06. The molecule has 3 aromatic rings. The first kappa shape index (κ1) is 18.3. The molecule has 1 amide bonds. The average Bonchev–Trinajstić information content (AvgIpc) is 2.67. The predicted octanol–water partition coefficient (Wildman–Crippen LogP) is 4.92. The summed E-state index contributed by atoms with van der Waals surface area (Å²) in [6, 6.07) is 15.6. The molecular weight excluding hydrogens is 426 g/mol. The van der Waals surface area contributed by atoms with Crippen LogP contribution in [0.25, 0.3) is 10.9 Å². The highest BCUT2D eigenvalue weighted by molar-refractivity contribution is 9.10. The van der Waals surface area contributed by atoms with Crippen LogP contribution in [0.4, 0.5) is 5.69 Å². The molecule has 27 heavy (non-hydrogen) atoms. The molecule has 6 heteroatoms. The highest BCUT2D eigenvalue weighted by Gasteiger charge is 2.24. The monoisotopic (exact) mass is 443 g/mol. The fraction of sp³-hybridized carbons (Fsp3) is 0.238. The van der Waals surface area contributed by atoms with Crippen LogP contribution in [0.15, 0.2) is 53.0 Å². The van der Waals surface area contributed by atoms with Gasteiger partial charge >= 0.3 is 0 Å². The number of amides is 1. The number of fused-ring (bicyclic) bond motifs is 1. The van der Waals surface area contributed by atoms with Gasteiger partial charge in [0.25, 0.3) is 5.91 Å². The molecular formula is C21H19BrClN3O. The zero-order chi connectivity index (χ0) is 19.0. The number of carbonyl (C=O) groups excluding carboxylic acids is 1. The summed E-state index contributed by atoms with van der Waals surface area (Å²) >= 11 is 9.60. The van der Waals surface area contributed by atoms with Crippen molar-refractivity contribution in [2.45, 2.75) is 6.92 Å². The molecule has 0 atom stereocenters. The number of pyridine rings is 1. The minimum atomic E-state index is 0.0642. The number of aromatic nitrogens is 1. The largest absolute Gasteiger partial charge is 0.368 e. The van der Waals surface area contributed by atoms with Gasteiger partial charge in [-0.1, -0.05) is 33.6 Å². The summed E-state index contributed by atoms with van der Waals surface area (Å²) in [5.74, 6) is 0.0642. The molecule has 4 nitrogen and oxygen atoms in total. The van der Waals surface area contributed by atoms with E-state index in [-0.39, 0.29) is 5.91 Å². The van der Waals surface area contributed by atoms with Crippen LogP contribution in [0.3, 0.4) is 0 Å². The van der Waals surface area contributed by atoms with E-state index in [1.54, 1.807) is 0 Å². The Morgan fingerprint density at radius 3 is 2.59 bits per heavy atom. The molecule has 0 unspecified atom stereocenters. The first-order valence-corrected chi connectivity index (χ1v) is 10.0. The van der Waals surface area contributed by atoms with Crippen molar-refractivity contribution in [3.8, 4) is 0 Å². The van der Waals surface area contributed by atoms with Gasteiger partial charge in [-0.2, -0.15) is 0 Å². The van der Waals surface area contributed by atoms with Crippen LogP contribution in [-0.4, -0.2) is 42.0 Å². The minimum absolute atomic E-state index is 0.0642. The molecule has 4 rings (SSSR count). The molecule has 1 saturated heterocycles. The number of anilines is 1. The van der Waals surface area contributed by atoms with Crippen LogP contribution in [-0.2, 0) is 0 Å². The Bertz CT molecular complexity index is 1020. The molecule has 2 heterocycles. The molecule has 0 bridgehead atoms. The number of hydrogen-bond donors (Lipinski definition) is 0. The van der Waals surface area contributed by atoms with E-state index >= 15 is 0 Å². The van der Waals surface area contributed by atoms with Gasteiger partial charge in [0.1, 0.15) is 0 Å². The molecule has 1 aliphatic heterocycles. The molecule has 2 aromatic carbocycles. The minimum Gasteiger partial charge on any atom is -0.368 e. The van der Waals surface area contributed by atoms with Gasteiger partial charge in [0.15, 0.2) is 0 Å². The Morgan fingerprint density at radius 1 is 1.07 bits per heavy atom. The molecule has 138 valence electrons. The zero-order valence-corrected chi connectivity index (χ0v) is 17.3. The van der Waals surface area contributed by atoms with E-state index in [4.69, 9.17) is 11.6 Å². The number of rotatable bonds is 2. The molecule has 0 saturated carbocycles. The number of piperazine rings is 1. The van der Waals surface area contributed by atoms with E-state index in [2.05, 4.69) is 31.9 Å². The van der Waals surface area contributed by atoms with Gasteiger partial charge in [0, 0.05) is 52.4 Å². The van der Waals surface area contributed by atoms with Crippen molar-refractivity contribution in [2.75, 3.05) is 31.1 Å². The SMILES string of the molecule is Cc1cc(C(=O)N2CCN(c3cccc(Cl)c3)CC2)c2cc(Br)ccc2n1.